The second-order valence-electron chi connectivity index (χ2n) is 35.9. The van der Waals surface area contributed by atoms with Crippen molar-refractivity contribution in [2.45, 2.75) is 69.2 Å². The van der Waals surface area contributed by atoms with Crippen LogP contribution in [0.4, 0.5) is 17.1 Å². The summed E-state index contributed by atoms with van der Waals surface area (Å²) in [5, 5.41) is 155. The Morgan fingerprint density at radius 1 is 0.136 bits per heavy atom. The molecule has 0 aliphatic rings. The Labute approximate surface area is 801 Å². The van der Waals surface area contributed by atoms with Gasteiger partial charge in [0.25, 0.3) is 0 Å². The van der Waals surface area contributed by atoms with E-state index >= 15 is 0 Å². The van der Waals surface area contributed by atoms with E-state index in [-0.39, 0.29) is 0 Å². The second kappa shape index (κ2) is 32.4. The first-order valence-corrected chi connectivity index (χ1v) is 44.8. The van der Waals surface area contributed by atoms with Gasteiger partial charge in [0.05, 0.1) is 154 Å². The van der Waals surface area contributed by atoms with E-state index in [1.807, 2.05) is 245 Å². The molecule has 0 N–H and O–H groups in total. The van der Waals surface area contributed by atoms with E-state index < -0.39 is 0 Å². The first kappa shape index (κ1) is 86.1. The summed E-state index contributed by atoms with van der Waals surface area (Å²) in [5.74, 6) is 0. The van der Waals surface area contributed by atoms with Crippen molar-refractivity contribution in [3.8, 4) is 72.8 Å². The minimum absolute atomic E-state index is 0.481. The Bertz CT molecular complexity index is 9830. The fourth-order valence-electron chi connectivity index (χ4n) is 23.1. The third-order valence-electron chi connectivity index (χ3n) is 28.8. The molecule has 0 saturated heterocycles. The monoisotopic (exact) mass is 1780 g/mol. The highest BCUT2D eigenvalue weighted by molar-refractivity contribution is 6.42. The molecule has 640 valence electrons. The smallest absolute Gasteiger partial charge is 0.196 e. The zero-order chi connectivity index (χ0) is 97.9. The van der Waals surface area contributed by atoms with Gasteiger partial charge < -0.3 is 0 Å². The van der Waals surface area contributed by atoms with Crippen molar-refractivity contribution in [1.82, 2.24) is 0 Å². The van der Waals surface area contributed by atoms with Crippen molar-refractivity contribution in [3.63, 3.8) is 0 Å². The standard InChI is InChI=1S/5C25H13N3/c1-13-5-8-19-23-17(9-6-15(11-26)21(13)23)18-7-4-14(2)22-16(12-27)10-20(28-3)24(19)25(18)22;1-13-4-7-17-18-8-5-16(12-27)22-14(2)10-20(28-3)24(25(18)22)19-9-6-15(11-26)21(13)23(17)19;1-13-4-7-19-23-17(8-5-15(11-26)21(13)23)18-9-6-16(12-27)22-14(2)10-20(28-3)24(19)25(18)22;1-13-4-7-20-23-17(12-28)9-16(11-27)22-14(2)3-6-19(25(22)23)18-8-5-15(10-26)21(13)24(18)20;1-13-3-6-18-19-7-4-16(11-27)22-14(2)9-17(12-28)23(25(19)22)20-8-5-15(10-26)21(13)24(18)20/h3*4-10H,1-2H3;2*3-9H,1-2H3. The summed E-state index contributed by atoms with van der Waals surface area (Å²) < 4.78 is 0. The van der Waals surface area contributed by atoms with Crippen LogP contribution < -0.4 is 0 Å². The molecule has 0 saturated carbocycles. The van der Waals surface area contributed by atoms with Gasteiger partial charge in [0.2, 0.25) is 0 Å². The van der Waals surface area contributed by atoms with E-state index in [0.717, 1.165) is 271 Å². The Morgan fingerprint density at radius 3 is 0.514 bits per heavy atom. The normalized spacial score (nSPS) is 11.1. The molecule has 0 aromatic heterocycles. The molecule has 0 radical (unpaired) electrons. The molecular formula is C125H65N15. The molecule has 0 atom stereocenters. The van der Waals surface area contributed by atoms with Gasteiger partial charge in [-0.25, -0.2) is 14.5 Å². The van der Waals surface area contributed by atoms with Crippen LogP contribution in [0.1, 0.15) is 122 Å². The van der Waals surface area contributed by atoms with E-state index in [1.165, 1.54) is 0 Å². The topological polar surface area (TPSA) is 299 Å². The molecule has 25 rings (SSSR count). The zero-order valence-corrected chi connectivity index (χ0v) is 76.9. The number of hydrogen-bond donors (Lipinski definition) is 0. The third kappa shape index (κ3) is 12.0. The summed E-state index contributed by atoms with van der Waals surface area (Å²) in [6.45, 7) is 43.2. The molecule has 0 heterocycles. The number of hydrogen-bond acceptors (Lipinski definition) is 12. The van der Waals surface area contributed by atoms with Gasteiger partial charge in [-0.3, -0.25) is 0 Å². The summed E-state index contributed by atoms with van der Waals surface area (Å²) in [4.78, 5) is 11.4. The number of nitriles is 12. The minimum atomic E-state index is 0.481. The molecule has 0 fully saturated rings. The molecule has 0 bridgehead atoms. The highest BCUT2D eigenvalue weighted by Gasteiger charge is 2.29. The highest BCUT2D eigenvalue weighted by atomic mass is 14.7. The maximum Gasteiger partial charge on any atom is 0.196 e. The molecule has 0 spiro atoms. The lowest BCUT2D eigenvalue weighted by Crippen LogP contribution is -1.95. The number of fused-ring (bicyclic) bond motifs is 10. The van der Waals surface area contributed by atoms with Crippen LogP contribution in [0, 0.1) is 225 Å². The quantitative estimate of drug-likeness (QED) is 0.0777. The summed E-state index contributed by atoms with van der Waals surface area (Å²) in [6, 6.07) is 95.9. The lowest BCUT2D eigenvalue weighted by Gasteiger charge is -2.19. The second-order valence-corrected chi connectivity index (χ2v) is 35.9. The van der Waals surface area contributed by atoms with Crippen LogP contribution in [0.3, 0.4) is 0 Å². The van der Waals surface area contributed by atoms with Gasteiger partial charge in [0, 0.05) is 81.0 Å². The lowest BCUT2D eigenvalue weighted by atomic mass is 9.83. The van der Waals surface area contributed by atoms with Gasteiger partial charge in [0.1, 0.15) is 0 Å². The van der Waals surface area contributed by atoms with Gasteiger partial charge >= 0.3 is 0 Å². The Balaban J connectivity index is 0.000000104. The van der Waals surface area contributed by atoms with Crippen molar-refractivity contribution in [1.29, 1.82) is 63.1 Å². The number of benzene rings is 25. The van der Waals surface area contributed by atoms with Gasteiger partial charge in [-0.15, -0.1) is 0 Å². The van der Waals surface area contributed by atoms with Crippen LogP contribution in [0.25, 0.3) is 230 Å². The molecule has 0 unspecified atom stereocenters. The molecule has 0 aliphatic carbocycles. The predicted octanol–water partition coefficient (Wildman–Crippen LogP) is 31.9. The number of rotatable bonds is 0. The van der Waals surface area contributed by atoms with Crippen LogP contribution >= 0.6 is 0 Å². The Hall–Kier alpha value is -20.6. The largest absolute Gasteiger partial charge is 0.237 e. The van der Waals surface area contributed by atoms with Crippen molar-refractivity contribution in [3.05, 3.63) is 369 Å². The summed E-state index contributed by atoms with van der Waals surface area (Å²) in [7, 11) is 0. The van der Waals surface area contributed by atoms with Gasteiger partial charge in [0.15, 0.2) is 17.1 Å². The van der Waals surface area contributed by atoms with Crippen LogP contribution in [-0.2, 0) is 0 Å². The van der Waals surface area contributed by atoms with Crippen molar-refractivity contribution >= 4 is 233 Å². The third-order valence-corrected chi connectivity index (χ3v) is 28.8. The number of nitrogens with zero attached hydrogens (tertiary/aromatic N) is 15. The van der Waals surface area contributed by atoms with E-state index in [9.17, 15) is 63.1 Å². The number of aryl methyl sites for hydroxylation is 10. The molecule has 15 heteroatoms. The summed E-state index contributed by atoms with van der Waals surface area (Å²) >= 11 is 0. The predicted molar refractivity (Wildman–Crippen MR) is 561 cm³/mol. The van der Waals surface area contributed by atoms with Crippen LogP contribution in [0.15, 0.2) is 212 Å². The molecule has 0 aliphatic heterocycles. The van der Waals surface area contributed by atoms with Gasteiger partial charge in [-0.1, -0.05) is 157 Å². The fraction of sp³-hybridized carbons (Fsp3) is 0.0800. The highest BCUT2D eigenvalue weighted by Crippen LogP contribution is 2.54. The average Bonchev–Trinajstić information content (AvgIpc) is 0.720. The maximum absolute atomic E-state index is 9.87. The molecular weight excluding hydrogens is 1710 g/mol. The van der Waals surface area contributed by atoms with Crippen molar-refractivity contribution in [2.75, 3.05) is 0 Å². The van der Waals surface area contributed by atoms with Gasteiger partial charge in [-0.05, 0) is 321 Å². The molecule has 25 aromatic carbocycles. The zero-order valence-electron chi connectivity index (χ0n) is 76.9. The Kier molecular flexibility index (Phi) is 19.9. The van der Waals surface area contributed by atoms with E-state index in [2.05, 4.69) is 112 Å². The minimum Gasteiger partial charge on any atom is -0.237 e. The maximum atomic E-state index is 9.87. The van der Waals surface area contributed by atoms with E-state index in [4.69, 9.17) is 19.7 Å². The van der Waals surface area contributed by atoms with Crippen LogP contribution in [-0.4, -0.2) is 0 Å². The summed E-state index contributed by atoms with van der Waals surface area (Å²) in [5.41, 5.74) is 18.9. The molecule has 25 aromatic rings. The first-order valence-electron chi connectivity index (χ1n) is 44.8. The van der Waals surface area contributed by atoms with Crippen molar-refractivity contribution < 1.29 is 0 Å². The molecule has 140 heavy (non-hydrogen) atoms. The molecule has 0 amide bonds. The van der Waals surface area contributed by atoms with Gasteiger partial charge in [-0.2, -0.15) is 63.1 Å². The lowest BCUT2D eigenvalue weighted by molar-refractivity contribution is 1.46. The van der Waals surface area contributed by atoms with Crippen LogP contribution in [0.5, 0.6) is 0 Å². The van der Waals surface area contributed by atoms with Crippen LogP contribution in [0.2, 0.25) is 0 Å². The molecule has 15 nitrogen and oxygen atoms in total. The Morgan fingerprint density at radius 2 is 0.286 bits per heavy atom. The first-order chi connectivity index (χ1) is 68.0. The average molecular weight is 1780 g/mol. The van der Waals surface area contributed by atoms with Crippen molar-refractivity contribution in [2.24, 2.45) is 0 Å². The fourth-order valence-corrected chi connectivity index (χ4v) is 23.1. The summed E-state index contributed by atoms with van der Waals surface area (Å²) in [6.07, 6.45) is 0. The van der Waals surface area contributed by atoms with E-state index in [1.54, 1.807) is 12.1 Å². The van der Waals surface area contributed by atoms with E-state index in [0.29, 0.717) is 83.8 Å². The SMILES string of the molecule is Cc1ccc2c3c(C#N)cc(C#N)c4c(C)ccc(c5ccc(C#N)c1c52)c43.Cc1ccc2c3ccc(C#N)c4c(C)cc(C#N)c(c5ccc(C#N)c1c25)c43.[C-]#[N+]c1cc(C#N)c2c(C)ccc3c4ccc(C#N)c5c(C)ccc(c1c23)c54.[C-]#[N+]c1cc(C)c2c(C#N)ccc3c4ccc(C#N)c5c(C)ccc(c1c23)c54.[C-]#[N+]c1cc(C)c2c(C#N)ccc3c4ccc(C)c5c(C#N)ccc(c1c23)c54.